The second-order valence-electron chi connectivity index (χ2n) is 3.08. The largest absolute Gasteiger partial charge is 0.505 e. The summed E-state index contributed by atoms with van der Waals surface area (Å²) in [5, 5.41) is 9.17. The topological polar surface area (TPSA) is 46.2 Å². The molecule has 3 N–H and O–H groups in total. The van der Waals surface area contributed by atoms with E-state index in [4.69, 9.17) is 5.73 Å². The predicted octanol–water partition coefficient (Wildman–Crippen LogP) is 1.56. The number of rotatable bonds is 2. The molecule has 0 heterocycles. The molecule has 72 valence electrons. The number of phenolic OH excluding ortho intramolecular Hbond substituents is 1. The molecule has 4 heteroatoms. The molecular formula is C9H11F2NO. The van der Waals surface area contributed by atoms with Crippen LogP contribution in [0, 0.1) is 11.6 Å². The molecule has 0 radical (unpaired) electrons. The lowest BCUT2D eigenvalue weighted by Crippen LogP contribution is -2.18. The van der Waals surface area contributed by atoms with E-state index in [2.05, 4.69) is 0 Å². The molecule has 1 rings (SSSR count). The van der Waals surface area contributed by atoms with Gasteiger partial charge in [0.2, 0.25) is 0 Å². The van der Waals surface area contributed by atoms with Gasteiger partial charge in [-0.05, 0) is 19.4 Å². The van der Waals surface area contributed by atoms with Crippen molar-refractivity contribution < 1.29 is 13.9 Å². The van der Waals surface area contributed by atoms with Gasteiger partial charge in [0, 0.05) is 17.7 Å². The first-order valence-electron chi connectivity index (χ1n) is 3.93. The molecule has 1 aromatic carbocycles. The highest BCUT2D eigenvalue weighted by atomic mass is 19.1. The van der Waals surface area contributed by atoms with Crippen LogP contribution in [0.1, 0.15) is 12.5 Å². The van der Waals surface area contributed by atoms with Crippen LogP contribution in [0.25, 0.3) is 0 Å². The maximum atomic E-state index is 12.8. The number of aromatic hydroxyl groups is 1. The van der Waals surface area contributed by atoms with Gasteiger partial charge in [0.15, 0.2) is 11.6 Å². The molecule has 0 saturated carbocycles. The Kier molecular flexibility index (Phi) is 2.83. The third-order valence-electron chi connectivity index (χ3n) is 1.65. The van der Waals surface area contributed by atoms with Gasteiger partial charge in [0.25, 0.3) is 0 Å². The van der Waals surface area contributed by atoms with E-state index in [0.29, 0.717) is 6.07 Å². The summed E-state index contributed by atoms with van der Waals surface area (Å²) in [5.41, 5.74) is 5.64. The van der Waals surface area contributed by atoms with Crippen molar-refractivity contribution in [3.8, 4) is 5.75 Å². The van der Waals surface area contributed by atoms with E-state index in [-0.39, 0.29) is 18.0 Å². The SMILES string of the molecule is C[C@@H](N)Cc1cc(F)cc(F)c1O. The Labute approximate surface area is 75.0 Å². The Morgan fingerprint density at radius 2 is 2.08 bits per heavy atom. The van der Waals surface area contributed by atoms with Crippen molar-refractivity contribution in [2.24, 2.45) is 5.73 Å². The van der Waals surface area contributed by atoms with Gasteiger partial charge in [-0.15, -0.1) is 0 Å². The minimum Gasteiger partial charge on any atom is -0.505 e. The van der Waals surface area contributed by atoms with Crippen molar-refractivity contribution in [3.63, 3.8) is 0 Å². The Morgan fingerprint density at radius 3 is 2.62 bits per heavy atom. The third kappa shape index (κ3) is 2.39. The quantitative estimate of drug-likeness (QED) is 0.738. The van der Waals surface area contributed by atoms with Gasteiger partial charge in [-0.25, -0.2) is 8.78 Å². The Bertz CT molecular complexity index is 313. The van der Waals surface area contributed by atoms with Gasteiger partial charge in [-0.3, -0.25) is 0 Å². The lowest BCUT2D eigenvalue weighted by Gasteiger charge is -2.07. The van der Waals surface area contributed by atoms with Crippen LogP contribution in [0.3, 0.4) is 0 Å². The van der Waals surface area contributed by atoms with E-state index in [1.165, 1.54) is 0 Å². The van der Waals surface area contributed by atoms with Gasteiger partial charge >= 0.3 is 0 Å². The number of phenols is 1. The smallest absolute Gasteiger partial charge is 0.168 e. The van der Waals surface area contributed by atoms with Gasteiger partial charge < -0.3 is 10.8 Å². The van der Waals surface area contributed by atoms with Gasteiger partial charge in [-0.1, -0.05) is 0 Å². The summed E-state index contributed by atoms with van der Waals surface area (Å²) in [6, 6.07) is 1.48. The van der Waals surface area contributed by atoms with Crippen LogP contribution in [0.2, 0.25) is 0 Å². The van der Waals surface area contributed by atoms with Crippen LogP contribution in [-0.2, 0) is 6.42 Å². The molecule has 0 aromatic heterocycles. The van der Waals surface area contributed by atoms with Gasteiger partial charge in [0.1, 0.15) is 5.82 Å². The maximum absolute atomic E-state index is 12.8. The maximum Gasteiger partial charge on any atom is 0.168 e. The Balaban J connectivity index is 3.05. The van der Waals surface area contributed by atoms with Crippen molar-refractivity contribution in [2.45, 2.75) is 19.4 Å². The molecule has 0 amide bonds. The molecule has 0 aliphatic rings. The summed E-state index contributed by atoms with van der Waals surface area (Å²) >= 11 is 0. The fraction of sp³-hybridized carbons (Fsp3) is 0.333. The minimum absolute atomic E-state index is 0.201. The van der Waals surface area contributed by atoms with E-state index in [1.807, 2.05) is 0 Å². The summed E-state index contributed by atoms with van der Waals surface area (Å²) < 4.78 is 25.4. The van der Waals surface area contributed by atoms with E-state index < -0.39 is 17.4 Å². The summed E-state index contributed by atoms with van der Waals surface area (Å²) in [6.07, 6.45) is 0.251. The van der Waals surface area contributed by atoms with Gasteiger partial charge in [-0.2, -0.15) is 0 Å². The normalized spacial score (nSPS) is 12.9. The highest BCUT2D eigenvalue weighted by molar-refractivity contribution is 5.34. The zero-order chi connectivity index (χ0) is 10.0. The first-order valence-corrected chi connectivity index (χ1v) is 3.93. The number of nitrogens with two attached hydrogens (primary N) is 1. The second kappa shape index (κ2) is 3.70. The molecule has 2 nitrogen and oxygen atoms in total. The van der Waals surface area contributed by atoms with E-state index in [1.54, 1.807) is 6.92 Å². The van der Waals surface area contributed by atoms with Crippen molar-refractivity contribution in [1.82, 2.24) is 0 Å². The molecule has 0 spiro atoms. The van der Waals surface area contributed by atoms with E-state index in [9.17, 15) is 13.9 Å². The Hall–Kier alpha value is -1.16. The van der Waals surface area contributed by atoms with Crippen LogP contribution in [0.15, 0.2) is 12.1 Å². The fourth-order valence-corrected chi connectivity index (χ4v) is 1.12. The molecule has 0 fully saturated rings. The summed E-state index contributed by atoms with van der Waals surface area (Å²) in [4.78, 5) is 0. The van der Waals surface area contributed by atoms with Gasteiger partial charge in [0.05, 0.1) is 0 Å². The van der Waals surface area contributed by atoms with Crippen LogP contribution in [0.4, 0.5) is 8.78 Å². The number of halogens is 2. The third-order valence-corrected chi connectivity index (χ3v) is 1.65. The van der Waals surface area contributed by atoms with Crippen LogP contribution in [-0.4, -0.2) is 11.1 Å². The second-order valence-corrected chi connectivity index (χ2v) is 3.08. The van der Waals surface area contributed by atoms with Crippen LogP contribution in [0.5, 0.6) is 5.75 Å². The molecule has 13 heavy (non-hydrogen) atoms. The lowest BCUT2D eigenvalue weighted by molar-refractivity contribution is 0.419. The molecule has 0 aliphatic heterocycles. The molecule has 1 atom stereocenters. The van der Waals surface area contributed by atoms with Crippen LogP contribution >= 0.6 is 0 Å². The molecule has 0 unspecified atom stereocenters. The first-order chi connectivity index (χ1) is 6.00. The monoisotopic (exact) mass is 187 g/mol. The van der Waals surface area contributed by atoms with Crippen molar-refractivity contribution in [3.05, 3.63) is 29.3 Å². The molecule has 0 bridgehead atoms. The number of hydrogen-bond acceptors (Lipinski definition) is 2. The summed E-state index contributed by atoms with van der Waals surface area (Å²) in [7, 11) is 0. The zero-order valence-corrected chi connectivity index (χ0v) is 7.22. The molecule has 0 aliphatic carbocycles. The van der Waals surface area contributed by atoms with Crippen molar-refractivity contribution >= 4 is 0 Å². The first kappa shape index (κ1) is 9.92. The Morgan fingerprint density at radius 1 is 1.46 bits per heavy atom. The highest BCUT2D eigenvalue weighted by Gasteiger charge is 2.10. The highest BCUT2D eigenvalue weighted by Crippen LogP contribution is 2.23. The summed E-state index contributed by atoms with van der Waals surface area (Å²) in [6.45, 7) is 1.70. The van der Waals surface area contributed by atoms with E-state index in [0.717, 1.165) is 6.07 Å². The zero-order valence-electron chi connectivity index (χ0n) is 7.22. The fourth-order valence-electron chi connectivity index (χ4n) is 1.12. The van der Waals surface area contributed by atoms with Crippen LogP contribution < -0.4 is 5.73 Å². The summed E-state index contributed by atoms with van der Waals surface area (Å²) in [5.74, 6) is -2.17. The lowest BCUT2D eigenvalue weighted by atomic mass is 10.1. The van der Waals surface area contributed by atoms with E-state index >= 15 is 0 Å². The van der Waals surface area contributed by atoms with Crippen molar-refractivity contribution in [1.29, 1.82) is 0 Å². The average molecular weight is 187 g/mol. The number of benzene rings is 1. The standard InChI is InChI=1S/C9H11F2NO/c1-5(12)2-6-3-7(10)4-8(11)9(6)13/h3-5,13H,2,12H2,1H3/t5-/m1/s1. The number of hydrogen-bond donors (Lipinski definition) is 2. The molecule has 1 aromatic rings. The molecule has 0 saturated heterocycles. The minimum atomic E-state index is -0.948. The molecular weight excluding hydrogens is 176 g/mol. The average Bonchev–Trinajstić information content (AvgIpc) is 1.98. The predicted molar refractivity (Wildman–Crippen MR) is 45.4 cm³/mol. The van der Waals surface area contributed by atoms with Crippen molar-refractivity contribution in [2.75, 3.05) is 0 Å².